The van der Waals surface area contributed by atoms with Crippen molar-refractivity contribution in [1.29, 1.82) is 0 Å². The number of carbonyl (C=O) groups excluding carboxylic acids is 1. The highest BCUT2D eigenvalue weighted by atomic mass is 79.9. The van der Waals surface area contributed by atoms with Crippen LogP contribution in [0, 0.1) is 0 Å². The van der Waals surface area contributed by atoms with Gasteiger partial charge < -0.3 is 14.8 Å². The lowest BCUT2D eigenvalue weighted by Gasteiger charge is -2.23. The Bertz CT molecular complexity index is 1270. The molecule has 0 fully saturated rings. The zero-order chi connectivity index (χ0) is 25.6. The minimum Gasteiger partial charge on any atom is -0.493 e. The molecule has 0 aliphatic carbocycles. The number of carbonyl (C=O) groups is 1. The summed E-state index contributed by atoms with van der Waals surface area (Å²) in [6.07, 6.45) is 0. The van der Waals surface area contributed by atoms with Crippen LogP contribution in [-0.4, -0.2) is 39.4 Å². The molecule has 0 aliphatic heterocycles. The minimum atomic E-state index is -3.98. The summed E-state index contributed by atoms with van der Waals surface area (Å²) in [7, 11) is -0.896. The number of hydrogen-bond donors (Lipinski definition) is 1. The van der Waals surface area contributed by atoms with E-state index in [9.17, 15) is 13.2 Å². The van der Waals surface area contributed by atoms with Gasteiger partial charge in [0.25, 0.3) is 0 Å². The largest absolute Gasteiger partial charge is 0.493 e. The Morgan fingerprint density at radius 2 is 1.63 bits per heavy atom. The quantitative estimate of drug-likeness (QED) is 0.356. The second-order valence-electron chi connectivity index (χ2n) is 7.76. The number of amides is 1. The minimum absolute atomic E-state index is 0.0242. The predicted molar refractivity (Wildman–Crippen MR) is 139 cm³/mol. The van der Waals surface area contributed by atoms with Gasteiger partial charge in [-0.1, -0.05) is 45.7 Å². The molecule has 0 aromatic heterocycles. The molecular formula is C25H26BrClN2O5S. The molecule has 1 amide bonds. The van der Waals surface area contributed by atoms with Gasteiger partial charge in [-0.2, -0.15) is 4.31 Å². The van der Waals surface area contributed by atoms with E-state index >= 15 is 0 Å². The van der Waals surface area contributed by atoms with Crippen LogP contribution in [0.15, 0.2) is 76.1 Å². The molecule has 0 saturated heterocycles. The topological polar surface area (TPSA) is 84.9 Å². The van der Waals surface area contributed by atoms with E-state index in [2.05, 4.69) is 21.2 Å². The van der Waals surface area contributed by atoms with Crippen LogP contribution >= 0.6 is 27.5 Å². The second-order valence-corrected chi connectivity index (χ2v) is 11.0. The van der Waals surface area contributed by atoms with Gasteiger partial charge in [0.15, 0.2) is 11.5 Å². The number of nitrogens with zero attached hydrogens (tertiary/aromatic N) is 1. The van der Waals surface area contributed by atoms with Crippen molar-refractivity contribution >= 4 is 43.5 Å². The van der Waals surface area contributed by atoms with Crippen molar-refractivity contribution in [2.24, 2.45) is 0 Å². The first kappa shape index (κ1) is 27.0. The molecule has 0 heterocycles. The maximum absolute atomic E-state index is 13.4. The molecule has 7 nitrogen and oxygen atoms in total. The van der Waals surface area contributed by atoms with Crippen LogP contribution in [0.3, 0.4) is 0 Å². The molecule has 3 rings (SSSR count). The van der Waals surface area contributed by atoms with Crippen molar-refractivity contribution in [3.8, 4) is 11.5 Å². The van der Waals surface area contributed by atoms with Gasteiger partial charge in [0.1, 0.15) is 0 Å². The van der Waals surface area contributed by atoms with Gasteiger partial charge in [-0.3, -0.25) is 4.79 Å². The van der Waals surface area contributed by atoms with Crippen LogP contribution in [0.5, 0.6) is 11.5 Å². The normalized spacial score (nSPS) is 12.3. The van der Waals surface area contributed by atoms with E-state index < -0.39 is 22.0 Å². The number of sulfonamides is 1. The third-order valence-electron chi connectivity index (χ3n) is 5.33. The van der Waals surface area contributed by atoms with Crippen molar-refractivity contribution in [2.75, 3.05) is 20.8 Å². The zero-order valence-electron chi connectivity index (χ0n) is 19.5. The lowest BCUT2D eigenvalue weighted by atomic mass is 10.1. The molecule has 35 heavy (non-hydrogen) atoms. The molecule has 10 heteroatoms. The molecule has 0 aliphatic rings. The van der Waals surface area contributed by atoms with E-state index in [4.69, 9.17) is 21.1 Å². The van der Waals surface area contributed by atoms with Crippen molar-refractivity contribution in [2.45, 2.75) is 24.4 Å². The number of nitrogens with one attached hydrogen (secondary N) is 1. The van der Waals surface area contributed by atoms with Crippen molar-refractivity contribution in [3.63, 3.8) is 0 Å². The lowest BCUT2D eigenvalue weighted by molar-refractivity contribution is -0.122. The molecular weight excluding hydrogens is 556 g/mol. The summed E-state index contributed by atoms with van der Waals surface area (Å²) < 4.78 is 39.5. The number of ether oxygens (including phenoxy) is 2. The van der Waals surface area contributed by atoms with Gasteiger partial charge in [-0.05, 0) is 66.6 Å². The van der Waals surface area contributed by atoms with Crippen LogP contribution in [0.2, 0.25) is 5.02 Å². The van der Waals surface area contributed by atoms with Crippen molar-refractivity contribution in [3.05, 3.63) is 87.4 Å². The van der Waals surface area contributed by atoms with Gasteiger partial charge >= 0.3 is 0 Å². The maximum atomic E-state index is 13.4. The summed E-state index contributed by atoms with van der Waals surface area (Å²) in [6.45, 7) is 1.47. The summed E-state index contributed by atoms with van der Waals surface area (Å²) in [5.41, 5.74) is 1.53. The maximum Gasteiger partial charge on any atom is 0.243 e. The van der Waals surface area contributed by atoms with E-state index in [0.717, 1.165) is 19.9 Å². The van der Waals surface area contributed by atoms with Crippen LogP contribution in [0.1, 0.15) is 24.1 Å². The SMILES string of the molecule is COc1ccc(C(C)NC(=O)CN(Cc2ccc(Br)cc2)S(=O)(=O)c2ccc(Cl)cc2)cc1OC. The van der Waals surface area contributed by atoms with Crippen LogP contribution in [0.25, 0.3) is 0 Å². The van der Waals surface area contributed by atoms with Gasteiger partial charge in [-0.25, -0.2) is 8.42 Å². The standard InChI is InChI=1S/C25H26BrClN2O5S/c1-17(19-6-13-23(33-2)24(14-19)34-3)28-25(30)16-29(15-18-4-7-20(26)8-5-18)35(31,32)22-11-9-21(27)10-12-22/h4-14,17H,15-16H2,1-3H3,(H,28,30). The first-order chi connectivity index (χ1) is 16.6. The summed E-state index contributed by atoms with van der Waals surface area (Å²) >= 11 is 9.31. The molecule has 0 spiro atoms. The molecule has 1 unspecified atom stereocenters. The molecule has 3 aromatic rings. The lowest BCUT2D eigenvalue weighted by Crippen LogP contribution is -2.41. The highest BCUT2D eigenvalue weighted by molar-refractivity contribution is 9.10. The fraction of sp³-hybridized carbons (Fsp3) is 0.240. The van der Waals surface area contributed by atoms with E-state index in [0.29, 0.717) is 16.5 Å². The van der Waals surface area contributed by atoms with E-state index in [-0.39, 0.29) is 18.0 Å². The molecule has 0 bridgehead atoms. The Morgan fingerprint density at radius 1 is 1.00 bits per heavy atom. The van der Waals surface area contributed by atoms with Crippen molar-refractivity contribution < 1.29 is 22.7 Å². The van der Waals surface area contributed by atoms with E-state index in [1.165, 1.54) is 31.4 Å². The highest BCUT2D eigenvalue weighted by Crippen LogP contribution is 2.30. The van der Waals surface area contributed by atoms with Crippen molar-refractivity contribution in [1.82, 2.24) is 9.62 Å². The van der Waals surface area contributed by atoms with Gasteiger partial charge in [0.05, 0.1) is 31.7 Å². The van der Waals surface area contributed by atoms with Crippen LogP contribution in [-0.2, 0) is 21.4 Å². The first-order valence-corrected chi connectivity index (χ1v) is 13.3. The summed E-state index contributed by atoms with van der Waals surface area (Å²) in [5.74, 6) is 0.666. The number of methoxy groups -OCH3 is 2. The van der Waals surface area contributed by atoms with Gasteiger partial charge in [0, 0.05) is 16.0 Å². The average molecular weight is 582 g/mol. The molecule has 3 aromatic carbocycles. The Labute approximate surface area is 219 Å². The number of rotatable bonds is 10. The first-order valence-electron chi connectivity index (χ1n) is 10.7. The Hall–Kier alpha value is -2.59. The van der Waals surface area contributed by atoms with E-state index in [1.807, 2.05) is 25.1 Å². The molecule has 186 valence electrons. The summed E-state index contributed by atoms with van der Waals surface area (Å²) in [4.78, 5) is 13.0. The molecule has 0 saturated carbocycles. The fourth-order valence-corrected chi connectivity index (χ4v) is 5.20. The second kappa shape index (κ2) is 11.9. The molecule has 1 atom stereocenters. The van der Waals surface area contributed by atoms with E-state index in [1.54, 1.807) is 31.4 Å². The van der Waals surface area contributed by atoms with Gasteiger partial charge in [-0.15, -0.1) is 0 Å². The Balaban J connectivity index is 1.83. The summed E-state index contributed by atoms with van der Waals surface area (Å²) in [6, 6.07) is 18.1. The average Bonchev–Trinajstić information content (AvgIpc) is 2.84. The Morgan fingerprint density at radius 3 is 2.23 bits per heavy atom. The van der Waals surface area contributed by atoms with Gasteiger partial charge in [0.2, 0.25) is 15.9 Å². The predicted octanol–water partition coefficient (Wildman–Crippen LogP) is 5.19. The monoisotopic (exact) mass is 580 g/mol. The van der Waals surface area contributed by atoms with Crippen LogP contribution in [0.4, 0.5) is 0 Å². The third-order valence-corrected chi connectivity index (χ3v) is 7.92. The summed E-state index contributed by atoms with van der Waals surface area (Å²) in [5, 5.41) is 3.29. The smallest absolute Gasteiger partial charge is 0.243 e. The number of benzene rings is 3. The highest BCUT2D eigenvalue weighted by Gasteiger charge is 2.27. The zero-order valence-corrected chi connectivity index (χ0v) is 22.7. The number of halogens is 2. The van der Waals surface area contributed by atoms with Crippen LogP contribution < -0.4 is 14.8 Å². The number of hydrogen-bond acceptors (Lipinski definition) is 5. The molecule has 1 N–H and O–H groups in total. The Kier molecular flexibility index (Phi) is 9.18. The third kappa shape index (κ3) is 6.98. The fourth-order valence-electron chi connectivity index (χ4n) is 3.43. The molecule has 0 radical (unpaired) electrons.